The number of thiazole rings is 1. The standard InChI is InChI=1S/C20H18N2O3S/c1-12-14-10-13(24-3)8-9-16(14)25-19(12)20(23)22(2)11-18-21-15-6-4-5-7-17(15)26-18/h4-10H,11H2,1-3H3. The van der Waals surface area contributed by atoms with Crippen LogP contribution in [-0.4, -0.2) is 29.9 Å². The first-order valence-electron chi connectivity index (χ1n) is 8.24. The van der Waals surface area contributed by atoms with Gasteiger partial charge in [0.1, 0.15) is 16.3 Å². The van der Waals surface area contributed by atoms with E-state index in [4.69, 9.17) is 9.15 Å². The zero-order chi connectivity index (χ0) is 18.3. The highest BCUT2D eigenvalue weighted by Crippen LogP contribution is 2.30. The maximum atomic E-state index is 12.9. The van der Waals surface area contributed by atoms with Crippen molar-refractivity contribution in [2.75, 3.05) is 14.2 Å². The summed E-state index contributed by atoms with van der Waals surface area (Å²) in [6.07, 6.45) is 0. The van der Waals surface area contributed by atoms with Gasteiger partial charge in [-0.1, -0.05) is 12.1 Å². The Balaban J connectivity index is 1.62. The lowest BCUT2D eigenvalue weighted by molar-refractivity contribution is 0.0755. The normalized spacial score (nSPS) is 11.2. The monoisotopic (exact) mass is 366 g/mol. The summed E-state index contributed by atoms with van der Waals surface area (Å²) in [5.41, 5.74) is 2.46. The zero-order valence-electron chi connectivity index (χ0n) is 14.8. The second kappa shape index (κ2) is 6.46. The molecule has 2 aromatic carbocycles. The van der Waals surface area contributed by atoms with E-state index in [1.165, 1.54) is 0 Å². The molecule has 0 saturated heterocycles. The van der Waals surface area contributed by atoms with E-state index in [-0.39, 0.29) is 5.91 Å². The number of aromatic nitrogens is 1. The molecule has 0 saturated carbocycles. The molecule has 6 heteroatoms. The third-order valence-corrected chi connectivity index (χ3v) is 5.42. The van der Waals surface area contributed by atoms with Gasteiger partial charge >= 0.3 is 0 Å². The molecule has 132 valence electrons. The summed E-state index contributed by atoms with van der Waals surface area (Å²) in [4.78, 5) is 19.1. The number of fused-ring (bicyclic) bond motifs is 2. The highest BCUT2D eigenvalue weighted by molar-refractivity contribution is 7.18. The first-order valence-corrected chi connectivity index (χ1v) is 9.05. The number of carbonyl (C=O) groups is 1. The predicted molar refractivity (Wildman–Crippen MR) is 103 cm³/mol. The van der Waals surface area contributed by atoms with E-state index < -0.39 is 0 Å². The third-order valence-electron chi connectivity index (χ3n) is 4.39. The Bertz CT molecular complexity index is 1080. The minimum atomic E-state index is -0.156. The first-order chi connectivity index (χ1) is 12.6. The molecule has 0 aliphatic heterocycles. The van der Waals surface area contributed by atoms with Gasteiger partial charge in [0.15, 0.2) is 5.76 Å². The molecule has 0 fully saturated rings. The van der Waals surface area contributed by atoms with Gasteiger partial charge in [0, 0.05) is 18.0 Å². The Hall–Kier alpha value is -2.86. The fourth-order valence-corrected chi connectivity index (χ4v) is 3.99. The van der Waals surface area contributed by atoms with Gasteiger partial charge in [0.05, 0.1) is 23.9 Å². The van der Waals surface area contributed by atoms with E-state index in [1.807, 2.05) is 49.4 Å². The number of hydrogen-bond donors (Lipinski definition) is 0. The summed E-state index contributed by atoms with van der Waals surface area (Å²) < 4.78 is 12.2. The van der Waals surface area contributed by atoms with Crippen LogP contribution in [0.15, 0.2) is 46.9 Å². The molecule has 2 heterocycles. The van der Waals surface area contributed by atoms with Gasteiger partial charge in [-0.05, 0) is 37.3 Å². The van der Waals surface area contributed by atoms with Crippen molar-refractivity contribution in [3.63, 3.8) is 0 Å². The van der Waals surface area contributed by atoms with Crippen LogP contribution in [0.3, 0.4) is 0 Å². The van der Waals surface area contributed by atoms with Gasteiger partial charge in [-0.2, -0.15) is 0 Å². The Kier molecular flexibility index (Phi) is 4.12. The van der Waals surface area contributed by atoms with Gasteiger partial charge in [-0.3, -0.25) is 4.79 Å². The molecule has 0 radical (unpaired) electrons. The van der Waals surface area contributed by atoms with Crippen molar-refractivity contribution in [2.24, 2.45) is 0 Å². The van der Waals surface area contributed by atoms with Gasteiger partial charge in [0.25, 0.3) is 5.91 Å². The van der Waals surface area contributed by atoms with Crippen LogP contribution < -0.4 is 4.74 Å². The SMILES string of the molecule is COc1ccc2oc(C(=O)N(C)Cc3nc4ccccc4s3)c(C)c2c1. The highest BCUT2D eigenvalue weighted by Gasteiger charge is 2.22. The average molecular weight is 366 g/mol. The molecule has 0 N–H and O–H groups in total. The van der Waals surface area contributed by atoms with Crippen molar-refractivity contribution in [2.45, 2.75) is 13.5 Å². The number of carbonyl (C=O) groups excluding carboxylic acids is 1. The molecule has 26 heavy (non-hydrogen) atoms. The smallest absolute Gasteiger partial charge is 0.290 e. The molecule has 0 bridgehead atoms. The minimum absolute atomic E-state index is 0.156. The van der Waals surface area contributed by atoms with E-state index >= 15 is 0 Å². The molecule has 0 aliphatic rings. The number of hydrogen-bond acceptors (Lipinski definition) is 5. The zero-order valence-corrected chi connectivity index (χ0v) is 15.6. The van der Waals surface area contributed by atoms with Crippen LogP contribution in [0.25, 0.3) is 21.2 Å². The summed E-state index contributed by atoms with van der Waals surface area (Å²) >= 11 is 1.60. The Labute approximate surface area is 154 Å². The van der Waals surface area contributed by atoms with Gasteiger partial charge < -0.3 is 14.1 Å². The fourth-order valence-electron chi connectivity index (χ4n) is 2.97. The highest BCUT2D eigenvalue weighted by atomic mass is 32.1. The van der Waals surface area contributed by atoms with Crippen LogP contribution in [0.2, 0.25) is 0 Å². The van der Waals surface area contributed by atoms with E-state index in [1.54, 1.807) is 30.4 Å². The van der Waals surface area contributed by atoms with E-state index in [2.05, 4.69) is 4.98 Å². The number of aryl methyl sites for hydroxylation is 1. The van der Waals surface area contributed by atoms with Crippen molar-refractivity contribution in [1.29, 1.82) is 0 Å². The Morgan fingerprint density at radius 3 is 2.85 bits per heavy atom. The number of furan rings is 1. The second-order valence-corrected chi connectivity index (χ2v) is 7.27. The van der Waals surface area contributed by atoms with Crippen molar-refractivity contribution in [3.05, 3.63) is 58.8 Å². The number of rotatable bonds is 4. The molecule has 1 amide bonds. The molecule has 4 rings (SSSR count). The van der Waals surface area contributed by atoms with E-state index in [0.29, 0.717) is 17.9 Å². The number of amides is 1. The lowest BCUT2D eigenvalue weighted by Crippen LogP contribution is -2.26. The molecule has 5 nitrogen and oxygen atoms in total. The summed E-state index contributed by atoms with van der Waals surface area (Å²) in [6.45, 7) is 2.34. The maximum absolute atomic E-state index is 12.9. The molecule has 0 aliphatic carbocycles. The molecule has 2 aromatic heterocycles. The molecule has 0 spiro atoms. The quantitative estimate of drug-likeness (QED) is 0.528. The Morgan fingerprint density at radius 1 is 1.27 bits per heavy atom. The van der Waals surface area contributed by atoms with Crippen molar-refractivity contribution in [3.8, 4) is 5.75 Å². The Morgan fingerprint density at radius 2 is 2.08 bits per heavy atom. The number of ether oxygens (including phenoxy) is 1. The van der Waals surface area contributed by atoms with Crippen molar-refractivity contribution >= 4 is 38.4 Å². The first kappa shape index (κ1) is 16.6. The van der Waals surface area contributed by atoms with Gasteiger partial charge in [0.2, 0.25) is 0 Å². The van der Waals surface area contributed by atoms with Crippen LogP contribution in [0, 0.1) is 6.92 Å². The number of nitrogens with zero attached hydrogens (tertiary/aromatic N) is 2. The topological polar surface area (TPSA) is 55.6 Å². The van der Waals surface area contributed by atoms with Crippen LogP contribution in [0.1, 0.15) is 21.1 Å². The average Bonchev–Trinajstić information content (AvgIpc) is 3.21. The lowest BCUT2D eigenvalue weighted by atomic mass is 10.1. The summed E-state index contributed by atoms with van der Waals surface area (Å²) in [6, 6.07) is 13.5. The molecular formula is C20H18N2O3S. The molecular weight excluding hydrogens is 348 g/mol. The van der Waals surface area contributed by atoms with Crippen LogP contribution >= 0.6 is 11.3 Å². The van der Waals surface area contributed by atoms with Crippen molar-refractivity contribution in [1.82, 2.24) is 9.88 Å². The molecule has 4 aromatic rings. The second-order valence-electron chi connectivity index (χ2n) is 6.15. The van der Waals surface area contributed by atoms with Crippen molar-refractivity contribution < 1.29 is 13.9 Å². The van der Waals surface area contributed by atoms with Crippen LogP contribution in [0.4, 0.5) is 0 Å². The van der Waals surface area contributed by atoms with Crippen LogP contribution in [0.5, 0.6) is 5.75 Å². The predicted octanol–water partition coefficient (Wildman–Crippen LogP) is 4.63. The van der Waals surface area contributed by atoms with Gasteiger partial charge in [-0.15, -0.1) is 11.3 Å². The minimum Gasteiger partial charge on any atom is -0.497 e. The third kappa shape index (κ3) is 2.82. The maximum Gasteiger partial charge on any atom is 0.290 e. The largest absolute Gasteiger partial charge is 0.497 e. The van der Waals surface area contributed by atoms with Crippen LogP contribution in [-0.2, 0) is 6.54 Å². The fraction of sp³-hybridized carbons (Fsp3) is 0.200. The summed E-state index contributed by atoms with van der Waals surface area (Å²) in [5, 5.41) is 1.79. The summed E-state index contributed by atoms with van der Waals surface area (Å²) in [5.74, 6) is 0.942. The molecule has 0 atom stereocenters. The van der Waals surface area contributed by atoms with Gasteiger partial charge in [-0.25, -0.2) is 4.98 Å². The lowest BCUT2D eigenvalue weighted by Gasteiger charge is -2.14. The number of para-hydroxylation sites is 1. The molecule has 0 unspecified atom stereocenters. The number of benzene rings is 2. The number of methoxy groups -OCH3 is 1. The van der Waals surface area contributed by atoms with E-state index in [9.17, 15) is 4.79 Å². The van der Waals surface area contributed by atoms with E-state index in [0.717, 1.165) is 31.9 Å². The summed E-state index contributed by atoms with van der Waals surface area (Å²) in [7, 11) is 3.38.